The zero-order chi connectivity index (χ0) is 13.0. The van der Waals surface area contributed by atoms with Crippen molar-refractivity contribution < 1.29 is 4.79 Å². The number of nitrogens with zero attached hydrogens (tertiary/aromatic N) is 1. The highest BCUT2D eigenvalue weighted by Gasteiger charge is 2.21. The molecule has 0 radical (unpaired) electrons. The van der Waals surface area contributed by atoms with Crippen LogP contribution in [0.15, 0.2) is 15.2 Å². The Morgan fingerprint density at radius 3 is 2.83 bits per heavy atom. The predicted molar refractivity (Wildman–Crippen MR) is 78.8 cm³/mol. The van der Waals surface area contributed by atoms with Gasteiger partial charge in [-0.15, -0.1) is 11.3 Å². The summed E-state index contributed by atoms with van der Waals surface area (Å²) in [6.07, 6.45) is 3.56. The third kappa shape index (κ3) is 3.80. The van der Waals surface area contributed by atoms with Gasteiger partial charge < -0.3 is 10.2 Å². The first kappa shape index (κ1) is 14.0. The summed E-state index contributed by atoms with van der Waals surface area (Å²) in [5.41, 5.74) is 1.23. The number of hydrogen-bond acceptors (Lipinski definition) is 3. The SMILES string of the molecule is CC(NCc1csc(Br)c1)C(=O)N1CCCCC1. The number of thiophene rings is 1. The van der Waals surface area contributed by atoms with Crippen LogP contribution in [0.25, 0.3) is 0 Å². The van der Waals surface area contributed by atoms with E-state index in [4.69, 9.17) is 0 Å². The van der Waals surface area contributed by atoms with E-state index in [2.05, 4.69) is 32.7 Å². The molecule has 1 atom stereocenters. The van der Waals surface area contributed by atoms with E-state index in [-0.39, 0.29) is 11.9 Å². The summed E-state index contributed by atoms with van der Waals surface area (Å²) in [5, 5.41) is 5.41. The van der Waals surface area contributed by atoms with Gasteiger partial charge in [0.1, 0.15) is 0 Å². The van der Waals surface area contributed by atoms with Gasteiger partial charge in [0.05, 0.1) is 9.83 Å². The lowest BCUT2D eigenvalue weighted by Gasteiger charge is -2.29. The van der Waals surface area contributed by atoms with Crippen LogP contribution in [0.2, 0.25) is 0 Å². The summed E-state index contributed by atoms with van der Waals surface area (Å²) >= 11 is 5.12. The van der Waals surface area contributed by atoms with Crippen molar-refractivity contribution in [3.05, 3.63) is 20.8 Å². The fourth-order valence-corrected chi connectivity index (χ4v) is 3.39. The molecule has 1 unspecified atom stereocenters. The molecule has 3 nitrogen and oxygen atoms in total. The van der Waals surface area contributed by atoms with Gasteiger partial charge in [0.2, 0.25) is 5.91 Å². The predicted octanol–water partition coefficient (Wildman–Crippen LogP) is 3.00. The van der Waals surface area contributed by atoms with Crippen molar-refractivity contribution in [3.8, 4) is 0 Å². The van der Waals surface area contributed by atoms with Crippen LogP contribution in [0.5, 0.6) is 0 Å². The van der Waals surface area contributed by atoms with E-state index in [1.54, 1.807) is 11.3 Å². The molecule has 5 heteroatoms. The molecule has 1 aliphatic rings. The molecule has 1 aromatic heterocycles. The number of halogens is 1. The Labute approximate surface area is 121 Å². The van der Waals surface area contributed by atoms with Gasteiger partial charge in [0.15, 0.2) is 0 Å². The van der Waals surface area contributed by atoms with Crippen molar-refractivity contribution in [2.75, 3.05) is 13.1 Å². The van der Waals surface area contributed by atoms with Crippen molar-refractivity contribution in [2.45, 2.75) is 38.8 Å². The number of likely N-dealkylation sites (tertiary alicyclic amines) is 1. The largest absolute Gasteiger partial charge is 0.341 e. The van der Waals surface area contributed by atoms with Gasteiger partial charge in [0, 0.05) is 19.6 Å². The van der Waals surface area contributed by atoms with Crippen LogP contribution in [0.1, 0.15) is 31.7 Å². The number of rotatable bonds is 4. The number of nitrogens with one attached hydrogen (secondary N) is 1. The Hall–Kier alpha value is -0.390. The van der Waals surface area contributed by atoms with Crippen molar-refractivity contribution in [3.63, 3.8) is 0 Å². The molecule has 0 aromatic carbocycles. The van der Waals surface area contributed by atoms with E-state index in [0.29, 0.717) is 0 Å². The molecule has 1 amide bonds. The molecule has 1 saturated heterocycles. The third-order valence-corrected chi connectivity index (χ3v) is 4.83. The van der Waals surface area contributed by atoms with E-state index >= 15 is 0 Å². The minimum Gasteiger partial charge on any atom is -0.341 e. The summed E-state index contributed by atoms with van der Waals surface area (Å²) in [6.45, 7) is 4.56. The van der Waals surface area contributed by atoms with Gasteiger partial charge in [-0.1, -0.05) is 0 Å². The highest BCUT2D eigenvalue weighted by Crippen LogP contribution is 2.20. The van der Waals surface area contributed by atoms with E-state index in [1.807, 2.05) is 11.8 Å². The van der Waals surface area contributed by atoms with Crippen molar-refractivity contribution in [1.82, 2.24) is 10.2 Å². The van der Waals surface area contributed by atoms with Crippen LogP contribution in [-0.2, 0) is 11.3 Å². The first-order chi connectivity index (χ1) is 8.66. The Morgan fingerprint density at radius 1 is 1.50 bits per heavy atom. The first-order valence-corrected chi connectivity index (χ1v) is 8.09. The molecule has 0 bridgehead atoms. The van der Waals surface area contributed by atoms with Gasteiger partial charge in [-0.05, 0) is 59.1 Å². The minimum absolute atomic E-state index is 0.0956. The summed E-state index contributed by atoms with van der Waals surface area (Å²) in [5.74, 6) is 0.240. The lowest BCUT2D eigenvalue weighted by atomic mass is 10.1. The maximum Gasteiger partial charge on any atom is 0.239 e. The van der Waals surface area contributed by atoms with E-state index in [9.17, 15) is 4.79 Å². The maximum absolute atomic E-state index is 12.2. The van der Waals surface area contributed by atoms with E-state index < -0.39 is 0 Å². The van der Waals surface area contributed by atoms with Gasteiger partial charge >= 0.3 is 0 Å². The van der Waals surface area contributed by atoms with Crippen LogP contribution in [-0.4, -0.2) is 29.9 Å². The molecule has 2 heterocycles. The molecule has 0 spiro atoms. The number of hydrogen-bond donors (Lipinski definition) is 1. The molecule has 1 N–H and O–H groups in total. The van der Waals surface area contributed by atoms with Crippen molar-refractivity contribution in [1.29, 1.82) is 0 Å². The second-order valence-corrected chi connectivity index (χ2v) is 7.04. The summed E-state index contributed by atoms with van der Waals surface area (Å²) in [4.78, 5) is 14.2. The van der Waals surface area contributed by atoms with Crippen LogP contribution in [0.4, 0.5) is 0 Å². The zero-order valence-electron chi connectivity index (χ0n) is 10.6. The maximum atomic E-state index is 12.2. The molecule has 1 fully saturated rings. The highest BCUT2D eigenvalue weighted by atomic mass is 79.9. The van der Waals surface area contributed by atoms with E-state index in [0.717, 1.165) is 36.3 Å². The topological polar surface area (TPSA) is 32.3 Å². The second kappa shape index (κ2) is 6.68. The molecule has 0 aliphatic carbocycles. The molecule has 18 heavy (non-hydrogen) atoms. The smallest absolute Gasteiger partial charge is 0.239 e. The fourth-order valence-electron chi connectivity index (χ4n) is 2.18. The Balaban J connectivity index is 1.79. The quantitative estimate of drug-likeness (QED) is 0.920. The van der Waals surface area contributed by atoms with Gasteiger partial charge in [-0.25, -0.2) is 0 Å². The highest BCUT2D eigenvalue weighted by molar-refractivity contribution is 9.11. The molecule has 1 aromatic rings. The van der Waals surface area contributed by atoms with E-state index in [1.165, 1.54) is 12.0 Å². The van der Waals surface area contributed by atoms with Crippen molar-refractivity contribution >= 4 is 33.2 Å². The molecular formula is C13H19BrN2OS. The third-order valence-electron chi connectivity index (χ3n) is 3.27. The van der Waals surface area contributed by atoms with Gasteiger partial charge in [0.25, 0.3) is 0 Å². The van der Waals surface area contributed by atoms with Crippen LogP contribution in [0.3, 0.4) is 0 Å². The molecule has 2 rings (SSSR count). The fraction of sp³-hybridized carbons (Fsp3) is 0.615. The summed E-state index contributed by atoms with van der Waals surface area (Å²) < 4.78 is 1.13. The second-order valence-electron chi connectivity index (χ2n) is 4.75. The van der Waals surface area contributed by atoms with Gasteiger partial charge in [-0.2, -0.15) is 0 Å². The number of amides is 1. The van der Waals surface area contributed by atoms with Crippen LogP contribution < -0.4 is 5.32 Å². The molecule has 0 saturated carbocycles. The molecule has 1 aliphatic heterocycles. The Bertz CT molecular complexity index is 401. The Kier molecular flexibility index (Phi) is 5.21. The summed E-state index contributed by atoms with van der Waals surface area (Å²) in [7, 11) is 0. The van der Waals surface area contributed by atoms with Crippen molar-refractivity contribution in [2.24, 2.45) is 0 Å². The zero-order valence-corrected chi connectivity index (χ0v) is 13.0. The lowest BCUT2D eigenvalue weighted by molar-refractivity contribution is -0.133. The normalized spacial score (nSPS) is 17.8. The number of carbonyl (C=O) groups is 1. The molecular weight excluding hydrogens is 312 g/mol. The Morgan fingerprint density at radius 2 is 2.22 bits per heavy atom. The monoisotopic (exact) mass is 330 g/mol. The first-order valence-electron chi connectivity index (χ1n) is 6.42. The number of piperidine rings is 1. The number of carbonyl (C=O) groups excluding carboxylic acids is 1. The minimum atomic E-state index is -0.0956. The lowest BCUT2D eigenvalue weighted by Crippen LogP contribution is -2.46. The average Bonchev–Trinajstić information content (AvgIpc) is 2.82. The summed E-state index contributed by atoms with van der Waals surface area (Å²) in [6, 6.07) is 2.00. The van der Waals surface area contributed by atoms with Crippen LogP contribution >= 0.6 is 27.3 Å². The van der Waals surface area contributed by atoms with Crippen LogP contribution in [0, 0.1) is 0 Å². The standard InChI is InChI=1S/C13H19BrN2OS/c1-10(13(17)16-5-3-2-4-6-16)15-8-11-7-12(14)18-9-11/h7,9-10,15H,2-6,8H2,1H3. The van der Waals surface area contributed by atoms with Gasteiger partial charge in [-0.3, -0.25) is 4.79 Å². The average molecular weight is 331 g/mol. The molecule has 100 valence electrons.